The lowest BCUT2D eigenvalue weighted by molar-refractivity contribution is 0.0522. The average molecular weight is 417 g/mol. The molecule has 1 atom stereocenters. The molecule has 0 saturated heterocycles. The molecule has 31 heavy (non-hydrogen) atoms. The minimum Gasteiger partial charge on any atom is -0.497 e. The van der Waals surface area contributed by atoms with E-state index in [0.717, 1.165) is 16.6 Å². The fourth-order valence-corrected chi connectivity index (χ4v) is 3.81. The zero-order chi connectivity index (χ0) is 21.5. The van der Waals surface area contributed by atoms with Crippen LogP contribution < -0.4 is 15.6 Å². The lowest BCUT2D eigenvalue weighted by Crippen LogP contribution is -2.39. The van der Waals surface area contributed by atoms with Crippen LogP contribution in [0.4, 0.5) is 11.9 Å². The number of esters is 1. The van der Waals surface area contributed by atoms with Crippen LogP contribution in [0.3, 0.4) is 0 Å². The van der Waals surface area contributed by atoms with Crippen LogP contribution in [0.1, 0.15) is 29.0 Å². The first kappa shape index (κ1) is 18.9. The van der Waals surface area contributed by atoms with Crippen molar-refractivity contribution < 1.29 is 14.3 Å². The molecule has 0 spiro atoms. The Morgan fingerprint density at radius 3 is 2.61 bits per heavy atom. The summed E-state index contributed by atoms with van der Waals surface area (Å²) in [6.45, 7) is 1.85. The lowest BCUT2D eigenvalue weighted by Gasteiger charge is -2.30. The molecule has 4 aromatic rings. The van der Waals surface area contributed by atoms with E-state index in [1.165, 1.54) is 10.8 Å². The quantitative estimate of drug-likeness (QED) is 0.449. The third-order valence-corrected chi connectivity index (χ3v) is 5.21. The Hall–Kier alpha value is -4.14. The van der Waals surface area contributed by atoms with E-state index in [9.17, 15) is 9.59 Å². The molecule has 9 nitrogen and oxygen atoms in total. The summed E-state index contributed by atoms with van der Waals surface area (Å²) in [4.78, 5) is 34.8. The highest BCUT2D eigenvalue weighted by atomic mass is 16.5. The molecule has 5 rings (SSSR count). The number of nitrogens with zero attached hydrogens (tertiary/aromatic N) is 4. The molecule has 1 aliphatic rings. The Kier molecular flexibility index (Phi) is 4.43. The fourth-order valence-electron chi connectivity index (χ4n) is 3.81. The van der Waals surface area contributed by atoms with Crippen molar-refractivity contribution in [2.45, 2.75) is 13.1 Å². The minimum absolute atomic E-state index is 0.126. The molecule has 3 heterocycles. The normalized spacial score (nSPS) is 14.5. The number of fused-ring (bicyclic) bond motifs is 4. The van der Waals surface area contributed by atoms with E-state index < -0.39 is 17.7 Å². The summed E-state index contributed by atoms with van der Waals surface area (Å²) in [6.07, 6.45) is 0.627. The van der Waals surface area contributed by atoms with Gasteiger partial charge in [0.25, 0.3) is 5.56 Å². The van der Waals surface area contributed by atoms with Crippen LogP contribution in [0, 0.1) is 0 Å². The number of carbonyl (C=O) groups is 1. The molecular weight excluding hydrogens is 398 g/mol. The van der Waals surface area contributed by atoms with Crippen LogP contribution in [0.15, 0.2) is 59.5 Å². The summed E-state index contributed by atoms with van der Waals surface area (Å²) in [5, 5.41) is 3.12. The van der Waals surface area contributed by atoms with Crippen LogP contribution in [-0.2, 0) is 4.74 Å². The number of methoxy groups -OCH3 is 1. The van der Waals surface area contributed by atoms with Gasteiger partial charge in [0.1, 0.15) is 17.5 Å². The molecule has 9 heteroatoms. The van der Waals surface area contributed by atoms with E-state index in [1.54, 1.807) is 14.0 Å². The second kappa shape index (κ2) is 7.28. The van der Waals surface area contributed by atoms with E-state index >= 15 is 0 Å². The van der Waals surface area contributed by atoms with Gasteiger partial charge in [-0.05, 0) is 36.8 Å². The van der Waals surface area contributed by atoms with Gasteiger partial charge in [0.2, 0.25) is 11.9 Å². The summed E-state index contributed by atoms with van der Waals surface area (Å²) >= 11 is 0. The number of aromatic nitrogens is 4. The Bertz CT molecular complexity index is 1360. The molecule has 1 aliphatic heterocycles. The Morgan fingerprint density at radius 1 is 1.10 bits per heavy atom. The van der Waals surface area contributed by atoms with Crippen molar-refractivity contribution in [2.75, 3.05) is 19.0 Å². The summed E-state index contributed by atoms with van der Waals surface area (Å²) in [6, 6.07) is 15.0. The van der Waals surface area contributed by atoms with Gasteiger partial charge in [-0.25, -0.2) is 14.8 Å². The lowest BCUT2D eigenvalue weighted by atomic mass is 10.1. The van der Waals surface area contributed by atoms with Crippen molar-refractivity contribution in [3.63, 3.8) is 0 Å². The van der Waals surface area contributed by atoms with Gasteiger partial charge in [-0.15, -0.1) is 0 Å². The molecule has 2 aromatic carbocycles. The van der Waals surface area contributed by atoms with Crippen LogP contribution in [-0.4, -0.2) is 38.8 Å². The Labute approximate surface area is 176 Å². The maximum Gasteiger partial charge on any atom is 0.345 e. The zero-order valence-electron chi connectivity index (χ0n) is 16.9. The van der Waals surface area contributed by atoms with Gasteiger partial charge in [0.05, 0.1) is 30.9 Å². The molecule has 0 bridgehead atoms. The molecule has 156 valence electrons. The molecule has 0 aliphatic carbocycles. The summed E-state index contributed by atoms with van der Waals surface area (Å²) < 4.78 is 13.7. The predicted octanol–water partition coefficient (Wildman–Crippen LogP) is 2.93. The number of rotatable bonds is 4. The first-order valence-electron chi connectivity index (χ1n) is 9.79. The molecule has 1 N–H and O–H groups in total. The number of para-hydroxylation sites is 2. The standard InChI is InChI=1S/C22H19N5O4/c1-3-31-20(29)15-12-23-21-25-22-24-16-6-4-5-7-17(16)26(22)18(27(21)19(15)28)13-8-10-14(30-2)11-9-13/h4-12,18H,3H2,1-2H3,(H,23,24,25). The summed E-state index contributed by atoms with van der Waals surface area (Å²) in [5.41, 5.74) is 1.79. The highest BCUT2D eigenvalue weighted by Crippen LogP contribution is 2.36. The van der Waals surface area contributed by atoms with E-state index in [0.29, 0.717) is 17.6 Å². The van der Waals surface area contributed by atoms with E-state index in [4.69, 9.17) is 9.47 Å². The molecule has 0 fully saturated rings. The van der Waals surface area contributed by atoms with Crippen molar-refractivity contribution in [3.8, 4) is 5.75 Å². The van der Waals surface area contributed by atoms with Crippen LogP contribution in [0.25, 0.3) is 11.0 Å². The van der Waals surface area contributed by atoms with Crippen molar-refractivity contribution in [2.24, 2.45) is 0 Å². The highest BCUT2D eigenvalue weighted by Gasteiger charge is 2.32. The van der Waals surface area contributed by atoms with Gasteiger partial charge >= 0.3 is 5.97 Å². The second-order valence-electron chi connectivity index (χ2n) is 6.96. The van der Waals surface area contributed by atoms with E-state index in [2.05, 4.69) is 15.3 Å². The van der Waals surface area contributed by atoms with Crippen LogP contribution in [0.5, 0.6) is 5.75 Å². The van der Waals surface area contributed by atoms with Crippen molar-refractivity contribution in [3.05, 3.63) is 76.2 Å². The highest BCUT2D eigenvalue weighted by molar-refractivity contribution is 5.89. The van der Waals surface area contributed by atoms with Crippen molar-refractivity contribution in [1.29, 1.82) is 0 Å². The van der Waals surface area contributed by atoms with Gasteiger partial charge in [-0.2, -0.15) is 0 Å². The van der Waals surface area contributed by atoms with Gasteiger partial charge in [0, 0.05) is 0 Å². The first-order valence-corrected chi connectivity index (χ1v) is 9.79. The summed E-state index contributed by atoms with van der Waals surface area (Å²) in [5.74, 6) is 0.837. The third-order valence-electron chi connectivity index (χ3n) is 5.21. The van der Waals surface area contributed by atoms with Gasteiger partial charge < -0.3 is 9.47 Å². The van der Waals surface area contributed by atoms with Crippen molar-refractivity contribution in [1.82, 2.24) is 19.1 Å². The smallest absolute Gasteiger partial charge is 0.345 e. The second-order valence-corrected chi connectivity index (χ2v) is 6.96. The number of benzene rings is 2. The number of carbonyl (C=O) groups excluding carboxylic acids is 1. The average Bonchev–Trinajstić information content (AvgIpc) is 3.16. The molecular formula is C22H19N5O4. The number of imidazole rings is 1. The zero-order valence-corrected chi connectivity index (χ0v) is 16.9. The number of hydrogen-bond donors (Lipinski definition) is 1. The summed E-state index contributed by atoms with van der Waals surface area (Å²) in [7, 11) is 1.59. The fraction of sp³-hybridized carbons (Fsp3) is 0.182. The number of ether oxygens (including phenoxy) is 2. The van der Waals surface area contributed by atoms with Crippen LogP contribution in [0.2, 0.25) is 0 Å². The molecule has 1 unspecified atom stereocenters. The monoisotopic (exact) mass is 417 g/mol. The molecule has 2 aromatic heterocycles. The van der Waals surface area contributed by atoms with E-state index in [1.807, 2.05) is 53.1 Å². The van der Waals surface area contributed by atoms with E-state index in [-0.39, 0.29) is 12.2 Å². The van der Waals surface area contributed by atoms with Gasteiger partial charge in [-0.1, -0.05) is 24.3 Å². The number of hydrogen-bond acceptors (Lipinski definition) is 7. The predicted molar refractivity (Wildman–Crippen MR) is 114 cm³/mol. The molecule has 0 saturated carbocycles. The number of anilines is 2. The van der Waals surface area contributed by atoms with Gasteiger partial charge in [0.15, 0.2) is 0 Å². The minimum atomic E-state index is -0.704. The van der Waals surface area contributed by atoms with Crippen LogP contribution >= 0.6 is 0 Å². The largest absolute Gasteiger partial charge is 0.497 e. The third kappa shape index (κ3) is 2.93. The topological polar surface area (TPSA) is 100 Å². The maximum atomic E-state index is 13.4. The molecule has 0 amide bonds. The maximum absolute atomic E-state index is 13.4. The Morgan fingerprint density at radius 2 is 1.87 bits per heavy atom. The SMILES string of the molecule is CCOC(=O)c1cnc2n(c1=O)C(c1ccc(OC)cc1)n1c(nc3ccccc31)N2. The van der Waals surface area contributed by atoms with Gasteiger partial charge in [-0.3, -0.25) is 19.2 Å². The first-order chi connectivity index (χ1) is 15.1. The number of nitrogens with one attached hydrogen (secondary N) is 1. The van der Waals surface area contributed by atoms with Crippen molar-refractivity contribution >= 4 is 28.9 Å². The Balaban J connectivity index is 1.79. The molecule has 0 radical (unpaired) electrons.